The number of alkyl carbamates (subject to hydrolysis) is 1. The van der Waals surface area contributed by atoms with Gasteiger partial charge < -0.3 is 19.5 Å². The van der Waals surface area contributed by atoms with E-state index < -0.39 is 28.1 Å². The lowest BCUT2D eigenvalue weighted by atomic mass is 9.78. The lowest BCUT2D eigenvalue weighted by Crippen LogP contribution is -2.59. The molecule has 204 valence electrons. The van der Waals surface area contributed by atoms with Gasteiger partial charge in [-0.05, 0) is 68.5 Å². The number of methoxy groups -OCH3 is 1. The number of nitro benzene ring substituents is 1. The topological polar surface area (TPSA) is 117 Å². The van der Waals surface area contributed by atoms with Crippen molar-refractivity contribution >= 4 is 33.7 Å². The number of carbonyl (C=O) groups is 2. The highest BCUT2D eigenvalue weighted by atomic mass is 79.9. The van der Waals surface area contributed by atoms with Crippen molar-refractivity contribution in [1.82, 2.24) is 5.32 Å². The van der Waals surface area contributed by atoms with E-state index in [1.54, 1.807) is 45.0 Å². The van der Waals surface area contributed by atoms with E-state index in [4.69, 9.17) is 14.2 Å². The molecular formula is C29H29BrN2O7. The molecule has 0 fully saturated rings. The van der Waals surface area contributed by atoms with Crippen LogP contribution >= 0.6 is 15.9 Å². The standard InChI is InChI=1S/C29H29BrN2O7/c1-28(2,3)39-27(34)31-29(26(33)37-4)15-14-18-12-13-20(16-19(18)17-29)38-25-22(9-7-11-24(25)32(35)36)21-8-5-6-10-23(21)30/h5-13,16H,14-15,17H2,1-4H3,(H,31,34). The number of esters is 1. The molecule has 0 heterocycles. The van der Waals surface area contributed by atoms with Crippen molar-refractivity contribution in [3.8, 4) is 22.6 Å². The van der Waals surface area contributed by atoms with Gasteiger partial charge in [-0.3, -0.25) is 10.1 Å². The van der Waals surface area contributed by atoms with Crippen LogP contribution in [0.1, 0.15) is 38.3 Å². The van der Waals surface area contributed by atoms with Gasteiger partial charge in [-0.1, -0.05) is 52.3 Å². The van der Waals surface area contributed by atoms with E-state index in [9.17, 15) is 19.7 Å². The summed E-state index contributed by atoms with van der Waals surface area (Å²) in [6, 6.07) is 17.5. The number of nitrogens with one attached hydrogen (secondary N) is 1. The Labute approximate surface area is 234 Å². The highest BCUT2D eigenvalue weighted by Crippen LogP contribution is 2.43. The van der Waals surface area contributed by atoms with Gasteiger partial charge in [-0.2, -0.15) is 0 Å². The number of nitrogens with zero attached hydrogens (tertiary/aromatic N) is 1. The van der Waals surface area contributed by atoms with Crippen LogP contribution in [-0.2, 0) is 27.1 Å². The molecule has 0 saturated heterocycles. The highest BCUT2D eigenvalue weighted by Gasteiger charge is 2.45. The number of hydrogen-bond donors (Lipinski definition) is 1. The van der Waals surface area contributed by atoms with E-state index in [1.807, 2.05) is 30.3 Å². The molecule has 1 aliphatic carbocycles. The molecule has 1 N–H and O–H groups in total. The summed E-state index contributed by atoms with van der Waals surface area (Å²) in [7, 11) is 1.27. The normalized spacial score (nSPS) is 16.5. The van der Waals surface area contributed by atoms with Crippen molar-refractivity contribution in [1.29, 1.82) is 0 Å². The zero-order chi connectivity index (χ0) is 28.4. The summed E-state index contributed by atoms with van der Waals surface area (Å²) in [5.74, 6) is -0.134. The van der Waals surface area contributed by atoms with Gasteiger partial charge in [0.1, 0.15) is 16.9 Å². The third kappa shape index (κ3) is 6.22. The van der Waals surface area contributed by atoms with Gasteiger partial charge in [0.25, 0.3) is 0 Å². The molecule has 4 rings (SSSR count). The Morgan fingerprint density at radius 3 is 2.41 bits per heavy atom. The monoisotopic (exact) mass is 596 g/mol. The first-order valence-electron chi connectivity index (χ1n) is 12.3. The fourth-order valence-electron chi connectivity index (χ4n) is 4.65. The van der Waals surface area contributed by atoms with Crippen LogP contribution in [0.2, 0.25) is 0 Å². The van der Waals surface area contributed by atoms with Gasteiger partial charge in [-0.15, -0.1) is 0 Å². The van der Waals surface area contributed by atoms with Crippen molar-refractivity contribution < 1.29 is 28.7 Å². The number of ether oxygens (including phenoxy) is 3. The average Bonchev–Trinajstić information content (AvgIpc) is 2.87. The second-order valence-electron chi connectivity index (χ2n) is 10.3. The summed E-state index contributed by atoms with van der Waals surface area (Å²) in [5.41, 5.74) is 0.747. The van der Waals surface area contributed by atoms with Gasteiger partial charge in [-0.25, -0.2) is 9.59 Å². The molecule has 3 aromatic rings. The predicted octanol–water partition coefficient (Wildman–Crippen LogP) is 6.74. The fraction of sp³-hybridized carbons (Fsp3) is 0.310. The maximum Gasteiger partial charge on any atom is 0.408 e. The largest absolute Gasteiger partial charge is 0.467 e. The second-order valence-corrected chi connectivity index (χ2v) is 11.2. The number of nitro groups is 1. The summed E-state index contributed by atoms with van der Waals surface area (Å²) >= 11 is 3.52. The van der Waals surface area contributed by atoms with Crippen LogP contribution in [0.25, 0.3) is 11.1 Å². The zero-order valence-corrected chi connectivity index (χ0v) is 23.7. The lowest BCUT2D eigenvalue weighted by Gasteiger charge is -2.36. The smallest absolute Gasteiger partial charge is 0.408 e. The quantitative estimate of drug-likeness (QED) is 0.190. The number of carbonyl (C=O) groups excluding carboxylic acids is 2. The molecule has 1 aliphatic rings. The average molecular weight is 597 g/mol. The van der Waals surface area contributed by atoms with E-state index >= 15 is 0 Å². The Hall–Kier alpha value is -3.92. The van der Waals surface area contributed by atoms with Crippen molar-refractivity contribution in [3.05, 3.63) is 86.4 Å². The summed E-state index contributed by atoms with van der Waals surface area (Å²) in [5, 5.41) is 14.7. The summed E-state index contributed by atoms with van der Waals surface area (Å²) in [6.45, 7) is 5.21. The fourth-order valence-corrected chi connectivity index (χ4v) is 5.15. The molecule has 0 aromatic heterocycles. The third-order valence-corrected chi connectivity index (χ3v) is 7.07. The Balaban J connectivity index is 1.71. The molecule has 0 aliphatic heterocycles. The molecule has 0 bridgehead atoms. The third-order valence-electron chi connectivity index (χ3n) is 6.38. The Morgan fingerprint density at radius 2 is 1.74 bits per heavy atom. The molecular weight excluding hydrogens is 568 g/mol. The molecule has 0 radical (unpaired) electrons. The number of rotatable bonds is 6. The molecule has 10 heteroatoms. The van der Waals surface area contributed by atoms with Gasteiger partial charge in [0.05, 0.1) is 12.0 Å². The summed E-state index contributed by atoms with van der Waals surface area (Å²) < 4.78 is 17.4. The zero-order valence-electron chi connectivity index (χ0n) is 22.1. The molecule has 0 spiro atoms. The first-order valence-corrected chi connectivity index (χ1v) is 13.1. The Morgan fingerprint density at radius 1 is 1.03 bits per heavy atom. The Bertz CT molecular complexity index is 1430. The van der Waals surface area contributed by atoms with Gasteiger partial charge in [0, 0.05) is 22.5 Å². The number of benzene rings is 3. The molecule has 1 amide bonds. The molecule has 9 nitrogen and oxygen atoms in total. The lowest BCUT2D eigenvalue weighted by molar-refractivity contribution is -0.385. The van der Waals surface area contributed by atoms with Gasteiger partial charge in [0.2, 0.25) is 5.75 Å². The van der Waals surface area contributed by atoms with E-state index in [2.05, 4.69) is 21.2 Å². The van der Waals surface area contributed by atoms with Crippen LogP contribution in [0.5, 0.6) is 11.5 Å². The van der Waals surface area contributed by atoms with Crippen LogP contribution in [-0.4, -0.2) is 35.2 Å². The minimum Gasteiger partial charge on any atom is -0.467 e. The van der Waals surface area contributed by atoms with Crippen LogP contribution in [0.15, 0.2) is 65.1 Å². The number of fused-ring (bicyclic) bond motifs is 1. The van der Waals surface area contributed by atoms with E-state index in [0.717, 1.165) is 21.2 Å². The minimum atomic E-state index is -1.33. The molecule has 39 heavy (non-hydrogen) atoms. The first-order chi connectivity index (χ1) is 18.4. The number of hydrogen-bond acceptors (Lipinski definition) is 7. The van der Waals surface area contributed by atoms with Gasteiger partial charge >= 0.3 is 17.7 Å². The van der Waals surface area contributed by atoms with Crippen LogP contribution in [0, 0.1) is 10.1 Å². The number of halogens is 1. The summed E-state index contributed by atoms with van der Waals surface area (Å²) in [4.78, 5) is 37.0. The van der Waals surface area contributed by atoms with Crippen molar-refractivity contribution in [2.75, 3.05) is 7.11 Å². The second kappa shape index (κ2) is 11.1. The van der Waals surface area contributed by atoms with Crippen molar-refractivity contribution in [3.63, 3.8) is 0 Å². The summed E-state index contributed by atoms with van der Waals surface area (Å²) in [6.07, 6.45) is 0.234. The first kappa shape index (κ1) is 28.1. The van der Waals surface area contributed by atoms with Crippen LogP contribution in [0.3, 0.4) is 0 Å². The van der Waals surface area contributed by atoms with Crippen LogP contribution in [0.4, 0.5) is 10.5 Å². The number of aryl methyl sites for hydroxylation is 1. The molecule has 1 atom stereocenters. The van der Waals surface area contributed by atoms with Crippen molar-refractivity contribution in [2.45, 2.75) is 51.2 Å². The molecule has 0 saturated carbocycles. The molecule has 1 unspecified atom stereocenters. The van der Waals surface area contributed by atoms with E-state index in [0.29, 0.717) is 24.2 Å². The SMILES string of the molecule is COC(=O)C1(NC(=O)OC(C)(C)C)CCc2ccc(Oc3c(-c4ccccc4Br)cccc3[N+](=O)[O-])cc2C1. The number of para-hydroxylation sites is 1. The highest BCUT2D eigenvalue weighted by molar-refractivity contribution is 9.10. The number of amides is 1. The van der Waals surface area contributed by atoms with Crippen LogP contribution < -0.4 is 10.1 Å². The van der Waals surface area contributed by atoms with Crippen molar-refractivity contribution in [2.24, 2.45) is 0 Å². The molecule has 3 aromatic carbocycles. The Kier molecular flexibility index (Phi) is 7.96. The van der Waals surface area contributed by atoms with E-state index in [-0.39, 0.29) is 17.9 Å². The predicted molar refractivity (Wildman–Crippen MR) is 149 cm³/mol. The maximum absolute atomic E-state index is 12.9. The van der Waals surface area contributed by atoms with Gasteiger partial charge in [0.15, 0.2) is 0 Å². The maximum atomic E-state index is 12.9. The minimum absolute atomic E-state index is 0.0938. The van der Waals surface area contributed by atoms with E-state index in [1.165, 1.54) is 13.2 Å².